The molecule has 0 radical (unpaired) electrons. The van der Waals surface area contributed by atoms with Crippen molar-refractivity contribution in [3.05, 3.63) is 70.8 Å². The van der Waals surface area contributed by atoms with Crippen LogP contribution in [0.1, 0.15) is 47.1 Å². The minimum absolute atomic E-state index is 0.0995. The molecule has 6 nitrogen and oxygen atoms in total. The highest BCUT2D eigenvalue weighted by Gasteiger charge is 2.28. The predicted octanol–water partition coefficient (Wildman–Crippen LogP) is 4.41. The average molecular weight is 406 g/mol. The highest BCUT2D eigenvalue weighted by molar-refractivity contribution is 6.05. The summed E-state index contributed by atoms with van der Waals surface area (Å²) in [6.07, 6.45) is 2.76. The van der Waals surface area contributed by atoms with E-state index in [1.54, 1.807) is 41.9 Å². The summed E-state index contributed by atoms with van der Waals surface area (Å²) in [5.74, 6) is -0.820. The van der Waals surface area contributed by atoms with Gasteiger partial charge in [0.2, 0.25) is 5.91 Å². The van der Waals surface area contributed by atoms with Crippen LogP contribution in [0.2, 0.25) is 0 Å². The Kier molecular flexibility index (Phi) is 5.35. The van der Waals surface area contributed by atoms with Gasteiger partial charge in [-0.05, 0) is 56.0 Å². The first-order valence-electron chi connectivity index (χ1n) is 10.1. The Morgan fingerprint density at radius 3 is 2.70 bits per heavy atom. The standard InChI is InChI=1S/C23H23FN4O2/c1-3-21(29)25-15-12-11-14(2)18(13-15)26-23(30)22-16-7-6-10-19(16)28(27-22)20-9-5-4-8-17(20)24/h4-5,8-9,11-13H,3,6-7,10H2,1-2H3,(H,25,29)(H,26,30). The number of carbonyl (C=O) groups is 2. The zero-order valence-electron chi connectivity index (χ0n) is 17.0. The molecule has 2 aromatic carbocycles. The fraction of sp³-hybridized carbons (Fsp3) is 0.261. The summed E-state index contributed by atoms with van der Waals surface area (Å²) >= 11 is 0. The minimum Gasteiger partial charge on any atom is -0.326 e. The highest BCUT2D eigenvalue weighted by Crippen LogP contribution is 2.30. The van der Waals surface area contributed by atoms with E-state index >= 15 is 0 Å². The van der Waals surface area contributed by atoms with Crippen molar-refractivity contribution < 1.29 is 14.0 Å². The maximum Gasteiger partial charge on any atom is 0.276 e. The molecular formula is C23H23FN4O2. The van der Waals surface area contributed by atoms with E-state index in [1.165, 1.54) is 6.07 Å². The first-order valence-corrected chi connectivity index (χ1v) is 10.1. The van der Waals surface area contributed by atoms with Crippen molar-refractivity contribution in [1.29, 1.82) is 0 Å². The fourth-order valence-corrected chi connectivity index (χ4v) is 3.71. The zero-order valence-corrected chi connectivity index (χ0v) is 17.0. The van der Waals surface area contributed by atoms with Crippen LogP contribution in [0, 0.1) is 12.7 Å². The van der Waals surface area contributed by atoms with E-state index in [2.05, 4.69) is 15.7 Å². The molecule has 1 aliphatic rings. The first-order chi connectivity index (χ1) is 14.5. The van der Waals surface area contributed by atoms with Crippen LogP contribution in [0.4, 0.5) is 15.8 Å². The van der Waals surface area contributed by atoms with Gasteiger partial charge in [-0.15, -0.1) is 0 Å². The monoisotopic (exact) mass is 406 g/mol. The number of amides is 2. The third-order valence-electron chi connectivity index (χ3n) is 5.32. The fourth-order valence-electron chi connectivity index (χ4n) is 3.71. The number of rotatable bonds is 5. The molecule has 3 aromatic rings. The molecule has 0 spiro atoms. The van der Waals surface area contributed by atoms with Gasteiger partial charge in [0.15, 0.2) is 5.69 Å². The second-order valence-electron chi connectivity index (χ2n) is 7.38. The lowest BCUT2D eigenvalue weighted by atomic mass is 10.1. The predicted molar refractivity (Wildman–Crippen MR) is 114 cm³/mol. The van der Waals surface area contributed by atoms with E-state index in [4.69, 9.17) is 0 Å². The van der Waals surface area contributed by atoms with Gasteiger partial charge in [0, 0.05) is 29.1 Å². The van der Waals surface area contributed by atoms with E-state index in [0.29, 0.717) is 29.2 Å². The SMILES string of the molecule is CCC(=O)Nc1ccc(C)c(NC(=O)c2nn(-c3ccccc3F)c3c2CCC3)c1. The van der Waals surface area contributed by atoms with Crippen molar-refractivity contribution in [1.82, 2.24) is 9.78 Å². The summed E-state index contributed by atoms with van der Waals surface area (Å²) in [7, 11) is 0. The maximum atomic E-state index is 14.3. The Bertz CT molecular complexity index is 1140. The van der Waals surface area contributed by atoms with Crippen molar-refractivity contribution in [2.24, 2.45) is 0 Å². The molecule has 0 atom stereocenters. The Morgan fingerprint density at radius 1 is 1.13 bits per heavy atom. The lowest BCUT2D eigenvalue weighted by Crippen LogP contribution is -2.16. The Labute approximate surface area is 174 Å². The van der Waals surface area contributed by atoms with Gasteiger partial charge in [-0.3, -0.25) is 9.59 Å². The molecule has 1 aliphatic carbocycles. The summed E-state index contributed by atoms with van der Waals surface area (Å²) in [6, 6.07) is 11.8. The summed E-state index contributed by atoms with van der Waals surface area (Å²) in [5.41, 5.74) is 4.48. The largest absolute Gasteiger partial charge is 0.326 e. The molecule has 2 N–H and O–H groups in total. The van der Waals surface area contributed by atoms with Crippen molar-refractivity contribution in [2.45, 2.75) is 39.5 Å². The molecule has 0 fully saturated rings. The second kappa shape index (κ2) is 8.10. The molecule has 1 heterocycles. The molecule has 0 bridgehead atoms. The molecule has 7 heteroatoms. The van der Waals surface area contributed by atoms with Crippen LogP contribution in [0.5, 0.6) is 0 Å². The van der Waals surface area contributed by atoms with Crippen LogP contribution in [0.15, 0.2) is 42.5 Å². The molecule has 0 unspecified atom stereocenters. The number of nitrogens with one attached hydrogen (secondary N) is 2. The maximum absolute atomic E-state index is 14.3. The molecule has 0 saturated heterocycles. The van der Waals surface area contributed by atoms with Gasteiger partial charge >= 0.3 is 0 Å². The van der Waals surface area contributed by atoms with Crippen LogP contribution >= 0.6 is 0 Å². The van der Waals surface area contributed by atoms with Gasteiger partial charge in [0.25, 0.3) is 5.91 Å². The average Bonchev–Trinajstić information content (AvgIpc) is 3.34. The lowest BCUT2D eigenvalue weighted by Gasteiger charge is -2.11. The number of hydrogen-bond acceptors (Lipinski definition) is 3. The Hall–Kier alpha value is -3.48. The van der Waals surface area contributed by atoms with Gasteiger partial charge in [-0.2, -0.15) is 5.10 Å². The third-order valence-corrected chi connectivity index (χ3v) is 5.32. The highest BCUT2D eigenvalue weighted by atomic mass is 19.1. The smallest absolute Gasteiger partial charge is 0.276 e. The number of hydrogen-bond donors (Lipinski definition) is 2. The molecule has 154 valence electrons. The molecule has 0 saturated carbocycles. The Balaban J connectivity index is 1.65. The van der Waals surface area contributed by atoms with Crippen molar-refractivity contribution in [3.63, 3.8) is 0 Å². The minimum atomic E-state index is -0.378. The van der Waals surface area contributed by atoms with E-state index in [0.717, 1.165) is 36.1 Å². The van der Waals surface area contributed by atoms with E-state index in [1.807, 2.05) is 13.0 Å². The number of carbonyl (C=O) groups excluding carboxylic acids is 2. The van der Waals surface area contributed by atoms with Gasteiger partial charge < -0.3 is 10.6 Å². The van der Waals surface area contributed by atoms with Crippen LogP contribution in [-0.2, 0) is 17.6 Å². The molecule has 30 heavy (non-hydrogen) atoms. The number of anilines is 2. The van der Waals surface area contributed by atoms with Crippen molar-refractivity contribution in [2.75, 3.05) is 10.6 Å². The number of fused-ring (bicyclic) bond motifs is 1. The lowest BCUT2D eigenvalue weighted by molar-refractivity contribution is -0.115. The first kappa shape index (κ1) is 19.8. The van der Waals surface area contributed by atoms with E-state index in [-0.39, 0.29) is 17.6 Å². The normalized spacial score (nSPS) is 12.5. The van der Waals surface area contributed by atoms with Crippen molar-refractivity contribution >= 4 is 23.2 Å². The summed E-state index contributed by atoms with van der Waals surface area (Å²) < 4.78 is 15.9. The van der Waals surface area contributed by atoms with Gasteiger partial charge in [-0.25, -0.2) is 9.07 Å². The van der Waals surface area contributed by atoms with Gasteiger partial charge in [0.05, 0.1) is 0 Å². The summed E-state index contributed by atoms with van der Waals surface area (Å²) in [4.78, 5) is 24.7. The third kappa shape index (κ3) is 3.70. The van der Waals surface area contributed by atoms with Gasteiger partial charge in [-0.1, -0.05) is 25.1 Å². The van der Waals surface area contributed by atoms with E-state index < -0.39 is 0 Å². The number of nitrogens with zero attached hydrogens (tertiary/aromatic N) is 2. The second-order valence-corrected chi connectivity index (χ2v) is 7.38. The quantitative estimate of drug-likeness (QED) is 0.659. The number of benzene rings is 2. The number of aromatic nitrogens is 2. The van der Waals surface area contributed by atoms with Crippen LogP contribution in [-0.4, -0.2) is 21.6 Å². The van der Waals surface area contributed by atoms with Crippen LogP contribution in [0.25, 0.3) is 5.69 Å². The van der Waals surface area contributed by atoms with E-state index in [9.17, 15) is 14.0 Å². The van der Waals surface area contributed by atoms with Crippen LogP contribution < -0.4 is 10.6 Å². The van der Waals surface area contributed by atoms with Gasteiger partial charge in [0.1, 0.15) is 11.5 Å². The molecule has 1 aromatic heterocycles. The zero-order chi connectivity index (χ0) is 21.3. The summed E-state index contributed by atoms with van der Waals surface area (Å²) in [6.45, 7) is 3.65. The van der Waals surface area contributed by atoms with Crippen molar-refractivity contribution in [3.8, 4) is 5.69 Å². The number of para-hydroxylation sites is 1. The molecule has 4 rings (SSSR count). The molecular weight excluding hydrogens is 383 g/mol. The molecule has 2 amide bonds. The molecule has 0 aliphatic heterocycles. The topological polar surface area (TPSA) is 76.0 Å². The summed E-state index contributed by atoms with van der Waals surface area (Å²) in [5, 5.41) is 10.2. The number of aryl methyl sites for hydroxylation is 1. The van der Waals surface area contributed by atoms with Crippen LogP contribution in [0.3, 0.4) is 0 Å². The Morgan fingerprint density at radius 2 is 1.93 bits per heavy atom. The number of halogens is 1.